The first-order valence-corrected chi connectivity index (χ1v) is 36.8. The number of carbonyl (C=O) groups excluding carboxylic acids is 2. The molecule has 0 aliphatic carbocycles. The van der Waals surface area contributed by atoms with E-state index in [1.165, 1.54) is 205 Å². The fourth-order valence-corrected chi connectivity index (χ4v) is 10.8. The van der Waals surface area contributed by atoms with Gasteiger partial charge in [-0.25, -0.2) is 4.57 Å². The highest BCUT2D eigenvalue weighted by molar-refractivity contribution is 7.47. The summed E-state index contributed by atoms with van der Waals surface area (Å²) in [6.07, 6.45) is 88.5. The van der Waals surface area contributed by atoms with E-state index in [0.29, 0.717) is 17.4 Å². The van der Waals surface area contributed by atoms with Gasteiger partial charge in [0.2, 0.25) is 0 Å². The van der Waals surface area contributed by atoms with Gasteiger partial charge in [0.1, 0.15) is 19.8 Å². The molecule has 84 heavy (non-hydrogen) atoms. The summed E-state index contributed by atoms with van der Waals surface area (Å²) in [6, 6.07) is 0. The van der Waals surface area contributed by atoms with Crippen molar-refractivity contribution >= 4 is 19.8 Å². The Bertz CT molecular complexity index is 1690. The molecule has 9 nitrogen and oxygen atoms in total. The maximum Gasteiger partial charge on any atom is 0.472 e. The van der Waals surface area contributed by atoms with Crippen molar-refractivity contribution in [3.8, 4) is 0 Å². The van der Waals surface area contributed by atoms with Crippen molar-refractivity contribution in [2.75, 3.05) is 47.5 Å². The summed E-state index contributed by atoms with van der Waals surface area (Å²) in [7, 11) is 1.48. The molecule has 0 aromatic rings. The largest absolute Gasteiger partial charge is 0.472 e. The number of carbonyl (C=O) groups is 2. The normalized spacial score (nSPS) is 13.6. The van der Waals surface area contributed by atoms with Crippen LogP contribution < -0.4 is 0 Å². The van der Waals surface area contributed by atoms with E-state index >= 15 is 0 Å². The molecule has 2 unspecified atom stereocenters. The average molecular weight is 1200 g/mol. The summed E-state index contributed by atoms with van der Waals surface area (Å²) in [4.78, 5) is 35.8. The van der Waals surface area contributed by atoms with E-state index in [0.717, 1.165) is 83.5 Å². The van der Waals surface area contributed by atoms with Crippen molar-refractivity contribution in [3.05, 3.63) is 85.1 Å². The molecule has 0 amide bonds. The van der Waals surface area contributed by atoms with Crippen molar-refractivity contribution in [1.82, 2.24) is 0 Å². The van der Waals surface area contributed by atoms with Crippen molar-refractivity contribution in [3.63, 3.8) is 0 Å². The van der Waals surface area contributed by atoms with E-state index in [9.17, 15) is 19.0 Å². The molecular formula is C74H135NO8P+. The molecule has 0 aliphatic heterocycles. The Balaban J connectivity index is 3.91. The van der Waals surface area contributed by atoms with Gasteiger partial charge in [-0.1, -0.05) is 304 Å². The van der Waals surface area contributed by atoms with Crippen LogP contribution in [0.1, 0.15) is 322 Å². The van der Waals surface area contributed by atoms with Gasteiger partial charge >= 0.3 is 19.8 Å². The van der Waals surface area contributed by atoms with Crippen LogP contribution >= 0.6 is 7.82 Å². The lowest BCUT2D eigenvalue weighted by Crippen LogP contribution is -2.37. The molecule has 0 radical (unpaired) electrons. The zero-order valence-electron chi connectivity index (χ0n) is 55.6. The van der Waals surface area contributed by atoms with Crippen LogP contribution in [0.25, 0.3) is 0 Å². The second kappa shape index (κ2) is 64.7. The second-order valence-electron chi connectivity index (χ2n) is 24.9. The molecule has 2 atom stereocenters. The maximum absolute atomic E-state index is 12.9. The zero-order valence-corrected chi connectivity index (χ0v) is 56.5. The van der Waals surface area contributed by atoms with E-state index in [-0.39, 0.29) is 32.0 Å². The van der Waals surface area contributed by atoms with Gasteiger partial charge in [0.15, 0.2) is 6.10 Å². The first kappa shape index (κ1) is 81.2. The molecule has 0 heterocycles. The smallest absolute Gasteiger partial charge is 0.462 e. The number of esters is 2. The molecule has 10 heteroatoms. The molecule has 488 valence electrons. The third-order valence-electron chi connectivity index (χ3n) is 15.4. The lowest BCUT2D eigenvalue weighted by Gasteiger charge is -2.24. The average Bonchev–Trinajstić information content (AvgIpc) is 3.61. The van der Waals surface area contributed by atoms with Crippen LogP contribution in [0.15, 0.2) is 85.1 Å². The number of allylic oxidation sites excluding steroid dienone is 14. The molecule has 0 aliphatic rings. The number of rotatable bonds is 65. The Kier molecular flexibility index (Phi) is 62.5. The van der Waals surface area contributed by atoms with Crippen LogP contribution in [-0.2, 0) is 32.7 Å². The Morgan fingerprint density at radius 2 is 0.679 bits per heavy atom. The molecule has 0 fully saturated rings. The number of likely N-dealkylation sites (N-methyl/N-ethyl adjacent to an activating group) is 1. The van der Waals surface area contributed by atoms with Crippen LogP contribution in [0, 0.1) is 0 Å². The Morgan fingerprint density at radius 3 is 1.01 bits per heavy atom. The van der Waals surface area contributed by atoms with E-state index < -0.39 is 26.5 Å². The highest BCUT2D eigenvalue weighted by Gasteiger charge is 2.27. The summed E-state index contributed by atoms with van der Waals surface area (Å²) < 4.78 is 34.7. The number of phosphoric acid groups is 1. The third kappa shape index (κ3) is 68.3. The lowest BCUT2D eigenvalue weighted by atomic mass is 10.0. The van der Waals surface area contributed by atoms with Gasteiger partial charge in [-0.2, -0.15) is 0 Å². The highest BCUT2D eigenvalue weighted by Crippen LogP contribution is 2.43. The summed E-state index contributed by atoms with van der Waals surface area (Å²) in [5, 5.41) is 0. The van der Waals surface area contributed by atoms with Crippen LogP contribution in [0.2, 0.25) is 0 Å². The predicted octanol–water partition coefficient (Wildman–Crippen LogP) is 22.9. The molecular weight excluding hydrogens is 1060 g/mol. The number of unbranched alkanes of at least 4 members (excludes halogenated alkanes) is 37. The van der Waals surface area contributed by atoms with Crippen LogP contribution in [0.4, 0.5) is 0 Å². The summed E-state index contributed by atoms with van der Waals surface area (Å²) in [5.41, 5.74) is 0. The third-order valence-corrected chi connectivity index (χ3v) is 16.4. The zero-order chi connectivity index (χ0) is 61.2. The van der Waals surface area contributed by atoms with Gasteiger partial charge < -0.3 is 18.9 Å². The summed E-state index contributed by atoms with van der Waals surface area (Å²) >= 11 is 0. The SMILES string of the molecule is CC/C=C\C/C=C\C/C=C\C/C=C\CCCCCCCCCCCCCCCCCCCCCCCCCCCCCCC(=O)OC(COC(=O)CCCCCCCC/C=C\C/C=C\C/C=C\CCCCC)COP(=O)(O)OCC[N+](C)(C)C. The van der Waals surface area contributed by atoms with Crippen LogP contribution in [0.5, 0.6) is 0 Å². The van der Waals surface area contributed by atoms with Gasteiger partial charge in [-0.15, -0.1) is 0 Å². The predicted molar refractivity (Wildman–Crippen MR) is 362 cm³/mol. The topological polar surface area (TPSA) is 108 Å². The van der Waals surface area contributed by atoms with Gasteiger partial charge in [-0.3, -0.25) is 18.6 Å². The van der Waals surface area contributed by atoms with Crippen molar-refractivity contribution in [2.45, 2.75) is 328 Å². The highest BCUT2D eigenvalue weighted by atomic mass is 31.2. The van der Waals surface area contributed by atoms with Gasteiger partial charge in [0.25, 0.3) is 0 Å². The Morgan fingerprint density at radius 1 is 0.381 bits per heavy atom. The quantitative estimate of drug-likeness (QED) is 0.0211. The first-order chi connectivity index (χ1) is 41.0. The van der Waals surface area contributed by atoms with E-state index in [1.807, 2.05) is 21.1 Å². The number of hydrogen-bond donors (Lipinski definition) is 1. The number of quaternary nitrogens is 1. The minimum absolute atomic E-state index is 0.0288. The number of nitrogens with zero attached hydrogens (tertiary/aromatic N) is 1. The number of phosphoric ester groups is 1. The fraction of sp³-hybridized carbons (Fsp3) is 0.784. The van der Waals surface area contributed by atoms with Gasteiger partial charge in [-0.05, 0) is 89.9 Å². The maximum atomic E-state index is 12.9. The summed E-state index contributed by atoms with van der Waals surface area (Å²) in [5.74, 6) is -0.801. The fourth-order valence-electron chi connectivity index (χ4n) is 10.0. The van der Waals surface area contributed by atoms with E-state index in [1.54, 1.807) is 0 Å². The Hall–Kier alpha value is -2.81. The monoisotopic (exact) mass is 1200 g/mol. The Labute approximate surface area is 520 Å². The van der Waals surface area contributed by atoms with Crippen molar-refractivity contribution in [2.24, 2.45) is 0 Å². The molecule has 0 aromatic carbocycles. The van der Waals surface area contributed by atoms with E-state index in [2.05, 4.69) is 98.9 Å². The lowest BCUT2D eigenvalue weighted by molar-refractivity contribution is -0.870. The minimum Gasteiger partial charge on any atom is -0.462 e. The van der Waals surface area contributed by atoms with Crippen LogP contribution in [0.3, 0.4) is 0 Å². The molecule has 0 spiro atoms. The first-order valence-electron chi connectivity index (χ1n) is 35.3. The summed E-state index contributed by atoms with van der Waals surface area (Å²) in [6.45, 7) is 4.31. The second-order valence-corrected chi connectivity index (χ2v) is 26.3. The van der Waals surface area contributed by atoms with Crippen LogP contribution in [-0.4, -0.2) is 74.9 Å². The molecule has 0 aromatic heterocycles. The molecule has 1 N–H and O–H groups in total. The van der Waals surface area contributed by atoms with Crippen molar-refractivity contribution in [1.29, 1.82) is 0 Å². The number of hydrogen-bond acceptors (Lipinski definition) is 7. The van der Waals surface area contributed by atoms with Gasteiger partial charge in [0, 0.05) is 12.8 Å². The molecule has 0 bridgehead atoms. The van der Waals surface area contributed by atoms with E-state index in [4.69, 9.17) is 18.5 Å². The molecule has 0 rings (SSSR count). The molecule has 0 saturated heterocycles. The van der Waals surface area contributed by atoms with Crippen molar-refractivity contribution < 1.29 is 42.1 Å². The molecule has 0 saturated carbocycles. The standard InChI is InChI=1S/C74H134NO8P/c1-6-8-10-12-14-16-18-20-22-24-26-27-28-29-30-31-32-33-34-35-36-37-38-39-40-41-42-43-44-45-46-47-49-51-53-55-57-59-61-63-65-67-74(77)83-72(71-82-84(78,79)81-69-68-75(3,4)5)70-80-73(76)66-64-62-60-58-56-54-52-50-48-25-23-21-19-17-15-13-11-9-7-2/h8,10,14-17,20-23,26-27,48,50,72H,6-7,9,11-13,18-19,24-25,28-47,49,51-71H2,1-5H3/p+1/b10-8-,16-14-,17-15-,22-20-,23-21-,27-26-,50-48-. The number of ether oxygens (including phenoxy) is 2. The van der Waals surface area contributed by atoms with Gasteiger partial charge in [0.05, 0.1) is 27.7 Å². The minimum atomic E-state index is -4.39.